The van der Waals surface area contributed by atoms with Gasteiger partial charge in [0.25, 0.3) is 5.91 Å². The molecule has 232 valence electrons. The fourth-order valence-electron chi connectivity index (χ4n) is 4.02. The molecule has 2 amide bonds. The van der Waals surface area contributed by atoms with Crippen LogP contribution in [-0.2, 0) is 19.1 Å². The highest BCUT2D eigenvalue weighted by atomic mass is 35.5. The number of carboxylic acid groups (broad SMARTS) is 1. The number of amides is 2. The number of nitrogens with zero attached hydrogens (tertiary/aromatic N) is 3. The minimum Gasteiger partial charge on any atom is -0.475 e. The maximum Gasteiger partial charge on any atom is 0.490 e. The molecule has 1 aromatic heterocycles. The Morgan fingerprint density at radius 3 is 2.55 bits per heavy atom. The maximum atomic E-state index is 12.7. The summed E-state index contributed by atoms with van der Waals surface area (Å²) in [6.45, 7) is 6.69. The van der Waals surface area contributed by atoms with Crippen LogP contribution in [0.3, 0.4) is 0 Å². The Morgan fingerprint density at radius 1 is 1.18 bits per heavy atom. The zero-order valence-corrected chi connectivity index (χ0v) is 25.0. The molecule has 0 bridgehead atoms. The van der Waals surface area contributed by atoms with Crippen LogP contribution in [0.15, 0.2) is 58.6 Å². The summed E-state index contributed by atoms with van der Waals surface area (Å²) in [6.07, 6.45) is -1.42. The number of amidine groups is 1. The summed E-state index contributed by atoms with van der Waals surface area (Å²) in [4.78, 5) is 45.5. The average molecular weight is 650 g/mol. The lowest BCUT2D eigenvalue weighted by Crippen LogP contribution is -2.36. The number of hydrogen-bond acceptors (Lipinski definition) is 8. The third-order valence-corrected chi connectivity index (χ3v) is 7.48. The smallest absolute Gasteiger partial charge is 0.475 e. The van der Waals surface area contributed by atoms with Gasteiger partial charge in [-0.1, -0.05) is 31.5 Å². The third kappa shape index (κ3) is 8.49. The van der Waals surface area contributed by atoms with Gasteiger partial charge in [-0.05, 0) is 59.8 Å². The number of aromatic nitrogens is 1. The first-order valence-corrected chi connectivity index (χ1v) is 14.4. The van der Waals surface area contributed by atoms with Crippen molar-refractivity contribution in [1.29, 1.82) is 0 Å². The van der Waals surface area contributed by atoms with Gasteiger partial charge in [0, 0.05) is 42.0 Å². The van der Waals surface area contributed by atoms with Crippen LogP contribution in [0.1, 0.15) is 19.4 Å². The number of aliphatic carboxylic acids is 1. The summed E-state index contributed by atoms with van der Waals surface area (Å²) >= 11 is 7.58. The number of halogens is 4. The van der Waals surface area contributed by atoms with E-state index in [0.29, 0.717) is 39.7 Å². The average Bonchev–Trinajstić information content (AvgIpc) is 3.32. The highest BCUT2D eigenvalue weighted by Gasteiger charge is 2.38. The number of fused-ring (bicyclic) bond motifs is 1. The molecule has 3 N–H and O–H groups in total. The van der Waals surface area contributed by atoms with Gasteiger partial charge in [0.2, 0.25) is 5.91 Å². The molecule has 2 aliphatic rings. The lowest BCUT2D eigenvalue weighted by atomic mass is 10.1. The van der Waals surface area contributed by atoms with Crippen LogP contribution in [0.4, 0.5) is 30.2 Å². The second-order valence-electron chi connectivity index (χ2n) is 9.80. The van der Waals surface area contributed by atoms with Crippen molar-refractivity contribution in [2.75, 3.05) is 36.5 Å². The van der Waals surface area contributed by atoms with Gasteiger partial charge in [-0.25, -0.2) is 9.79 Å². The standard InChI is InChI=1S/C27H26ClN5O3S.C2HF3O2/c1-16(2)25(34)30-18-4-5-20(28)22(15-18)31-27-32-26(35)24(37-27)14-17-3-6-21-19(13-17)23(7-8-29-21)33-9-11-36-12-10-33;3-2(4,5)1(6)7/h3-8,13-16H,9-12H2,1-2H3,(H,30,34)(H,31,32,35);(H,6,7)/b24-14-;. The molecular weight excluding hydrogens is 623 g/mol. The van der Waals surface area contributed by atoms with Crippen LogP contribution in [0.5, 0.6) is 0 Å². The zero-order valence-electron chi connectivity index (χ0n) is 23.4. The number of morpholine rings is 1. The number of carbonyl (C=O) groups excluding carboxylic acids is 2. The molecule has 2 aliphatic heterocycles. The minimum absolute atomic E-state index is 0.1000. The molecule has 10 nitrogen and oxygen atoms in total. The van der Waals surface area contributed by atoms with Gasteiger partial charge >= 0.3 is 12.1 Å². The van der Waals surface area contributed by atoms with Crippen LogP contribution in [-0.4, -0.2) is 65.5 Å². The molecule has 44 heavy (non-hydrogen) atoms. The van der Waals surface area contributed by atoms with Gasteiger partial charge < -0.3 is 25.4 Å². The van der Waals surface area contributed by atoms with Gasteiger partial charge in [0.1, 0.15) is 0 Å². The Labute approximate surface area is 259 Å². The number of nitrogens with one attached hydrogen (secondary N) is 2. The second-order valence-corrected chi connectivity index (χ2v) is 11.2. The van der Waals surface area contributed by atoms with E-state index < -0.39 is 12.1 Å². The van der Waals surface area contributed by atoms with Crippen LogP contribution in [0, 0.1) is 5.92 Å². The van der Waals surface area contributed by atoms with E-state index in [1.54, 1.807) is 18.2 Å². The van der Waals surface area contributed by atoms with E-state index in [-0.39, 0.29) is 17.7 Å². The van der Waals surface area contributed by atoms with Crippen molar-refractivity contribution < 1.29 is 37.4 Å². The van der Waals surface area contributed by atoms with Gasteiger partial charge in [0.05, 0.1) is 34.3 Å². The molecule has 15 heteroatoms. The SMILES string of the molecule is CC(C)C(=O)Nc1ccc(Cl)c(N=C2NC(=O)/C(=C/c3ccc4nccc(N5CCOCC5)c4c3)S2)c1.O=C(O)C(F)(F)F. The quantitative estimate of drug-likeness (QED) is 0.294. The van der Waals surface area contributed by atoms with Crippen molar-refractivity contribution >= 4 is 80.4 Å². The summed E-state index contributed by atoms with van der Waals surface area (Å²) in [5.74, 6) is -3.24. The zero-order chi connectivity index (χ0) is 32.0. The van der Waals surface area contributed by atoms with E-state index in [1.807, 2.05) is 44.3 Å². The topological polar surface area (TPSA) is 133 Å². The number of alkyl halides is 3. The highest BCUT2D eigenvalue weighted by Crippen LogP contribution is 2.34. The largest absolute Gasteiger partial charge is 0.490 e. The fraction of sp³-hybridized carbons (Fsp3) is 0.276. The number of benzene rings is 2. The Morgan fingerprint density at radius 2 is 1.89 bits per heavy atom. The number of carbonyl (C=O) groups is 3. The summed E-state index contributed by atoms with van der Waals surface area (Å²) in [5.41, 5.74) is 3.95. The molecule has 0 aliphatic carbocycles. The molecule has 0 atom stereocenters. The number of carboxylic acids is 1. The molecule has 3 aromatic rings. The van der Waals surface area contributed by atoms with Crippen molar-refractivity contribution in [3.63, 3.8) is 0 Å². The number of ether oxygens (including phenoxy) is 1. The van der Waals surface area contributed by atoms with Crippen molar-refractivity contribution in [2.45, 2.75) is 20.0 Å². The van der Waals surface area contributed by atoms with Gasteiger partial charge in [-0.2, -0.15) is 13.2 Å². The van der Waals surface area contributed by atoms with Gasteiger partial charge in [-0.3, -0.25) is 14.6 Å². The van der Waals surface area contributed by atoms with Crippen LogP contribution in [0.2, 0.25) is 5.02 Å². The highest BCUT2D eigenvalue weighted by molar-refractivity contribution is 8.18. The van der Waals surface area contributed by atoms with E-state index in [0.717, 1.165) is 35.2 Å². The van der Waals surface area contributed by atoms with E-state index >= 15 is 0 Å². The van der Waals surface area contributed by atoms with Gasteiger partial charge in [0.15, 0.2) is 5.17 Å². The molecule has 2 aromatic carbocycles. The maximum absolute atomic E-state index is 12.7. The van der Waals surface area contributed by atoms with E-state index in [9.17, 15) is 22.8 Å². The first kappa shape index (κ1) is 32.8. The van der Waals surface area contributed by atoms with Gasteiger partial charge in [-0.15, -0.1) is 0 Å². The number of thioether (sulfide) groups is 1. The first-order valence-electron chi connectivity index (χ1n) is 13.2. The van der Waals surface area contributed by atoms with E-state index in [2.05, 4.69) is 31.6 Å². The number of hydrogen-bond donors (Lipinski definition) is 3. The predicted octanol–water partition coefficient (Wildman–Crippen LogP) is 5.84. The van der Waals surface area contributed by atoms with E-state index in [4.69, 9.17) is 26.2 Å². The molecule has 0 unspecified atom stereocenters. The van der Waals surface area contributed by atoms with Crippen LogP contribution in [0.25, 0.3) is 17.0 Å². The Hall–Kier alpha value is -4.14. The second kappa shape index (κ2) is 14.1. The molecule has 2 saturated heterocycles. The summed E-state index contributed by atoms with van der Waals surface area (Å²) in [6, 6.07) is 13.1. The lowest BCUT2D eigenvalue weighted by molar-refractivity contribution is -0.192. The lowest BCUT2D eigenvalue weighted by Gasteiger charge is -2.29. The first-order chi connectivity index (χ1) is 20.8. The summed E-state index contributed by atoms with van der Waals surface area (Å²) < 4.78 is 37.2. The van der Waals surface area contributed by atoms with Crippen molar-refractivity contribution in [2.24, 2.45) is 10.9 Å². The van der Waals surface area contributed by atoms with Crippen molar-refractivity contribution in [1.82, 2.24) is 10.3 Å². The molecule has 0 saturated carbocycles. The molecule has 0 radical (unpaired) electrons. The number of pyridine rings is 1. The molecule has 5 rings (SSSR count). The Bertz CT molecular complexity index is 1640. The molecule has 3 heterocycles. The predicted molar refractivity (Wildman–Crippen MR) is 164 cm³/mol. The molecule has 0 spiro atoms. The molecular formula is C29H27ClF3N5O5S. The monoisotopic (exact) mass is 649 g/mol. The molecule has 2 fully saturated rings. The van der Waals surface area contributed by atoms with Crippen LogP contribution >= 0.6 is 23.4 Å². The number of aliphatic imine (C=N–C) groups is 1. The van der Waals surface area contributed by atoms with Crippen molar-refractivity contribution in [3.05, 3.63) is 64.2 Å². The number of rotatable bonds is 5. The van der Waals surface area contributed by atoms with E-state index in [1.165, 1.54) is 11.8 Å². The number of anilines is 2. The Balaban J connectivity index is 0.000000566. The van der Waals surface area contributed by atoms with Crippen LogP contribution < -0.4 is 15.5 Å². The normalized spacial score (nSPS) is 17.1. The Kier molecular flexibility index (Phi) is 10.5. The van der Waals surface area contributed by atoms with Crippen molar-refractivity contribution in [3.8, 4) is 0 Å². The third-order valence-electron chi connectivity index (χ3n) is 6.25. The minimum atomic E-state index is -5.08. The summed E-state index contributed by atoms with van der Waals surface area (Å²) in [5, 5.41) is 14.6. The fourth-order valence-corrected chi connectivity index (χ4v) is 5.02. The summed E-state index contributed by atoms with van der Waals surface area (Å²) in [7, 11) is 0.